The number of benzene rings is 2. The Morgan fingerprint density at radius 1 is 1.18 bits per heavy atom. The second kappa shape index (κ2) is 9.62. The summed E-state index contributed by atoms with van der Waals surface area (Å²) in [6.07, 6.45) is 3.41. The van der Waals surface area contributed by atoms with Crippen molar-refractivity contribution in [1.29, 1.82) is 0 Å². The number of ether oxygens (including phenoxy) is 1. The van der Waals surface area contributed by atoms with Crippen LogP contribution in [0.25, 0.3) is 27.7 Å². The van der Waals surface area contributed by atoms with Gasteiger partial charge in [-0.3, -0.25) is 23.7 Å². The first-order valence-electron chi connectivity index (χ1n) is 12.1. The number of para-hydroxylation sites is 1. The normalized spacial score (nSPS) is 14.5. The molecule has 0 atom stereocenters. The third-order valence-electron chi connectivity index (χ3n) is 6.80. The number of amides is 3. The Morgan fingerprint density at radius 3 is 2.68 bits per heavy atom. The highest BCUT2D eigenvalue weighted by Gasteiger charge is 2.27. The van der Waals surface area contributed by atoms with Crippen LogP contribution in [0.3, 0.4) is 0 Å². The molecule has 0 unspecified atom stereocenters. The maximum atomic E-state index is 13.3. The molecule has 3 aromatic rings. The molecular weight excluding hydrogens is 486 g/mol. The number of aromatic nitrogens is 2. The van der Waals surface area contributed by atoms with Crippen molar-refractivity contribution in [2.45, 2.75) is 12.8 Å². The maximum Gasteiger partial charge on any atom is 0.272 e. The molecule has 3 amide bonds. The number of fused-ring (bicyclic) bond motifs is 2. The number of hydrogen-bond donors (Lipinski definition) is 1. The fourth-order valence-electron chi connectivity index (χ4n) is 4.40. The molecule has 1 N–H and O–H groups in total. The molecule has 1 aliphatic carbocycles. The van der Waals surface area contributed by atoms with Gasteiger partial charge in [-0.15, -0.1) is 0 Å². The summed E-state index contributed by atoms with van der Waals surface area (Å²) in [5.74, 6) is -0.212. The number of hydrogen-bond acceptors (Lipinski definition) is 6. The van der Waals surface area contributed by atoms with Crippen LogP contribution in [0.5, 0.6) is 5.75 Å². The maximum absolute atomic E-state index is 13.3. The van der Waals surface area contributed by atoms with Gasteiger partial charge in [-0.25, -0.2) is 4.98 Å². The van der Waals surface area contributed by atoms with E-state index < -0.39 is 17.4 Å². The van der Waals surface area contributed by atoms with Gasteiger partial charge in [-0.2, -0.15) is 0 Å². The van der Waals surface area contributed by atoms with Crippen LogP contribution < -0.4 is 20.5 Å². The van der Waals surface area contributed by atoms with Crippen molar-refractivity contribution in [2.24, 2.45) is 5.92 Å². The summed E-state index contributed by atoms with van der Waals surface area (Å²) < 4.78 is 6.64. The van der Waals surface area contributed by atoms with Gasteiger partial charge in [0.2, 0.25) is 0 Å². The molecule has 1 aromatic heterocycles. The molecule has 0 radical (unpaired) electrons. The van der Waals surface area contributed by atoms with E-state index in [9.17, 15) is 19.2 Å². The van der Waals surface area contributed by atoms with Gasteiger partial charge in [0, 0.05) is 26.2 Å². The lowest BCUT2D eigenvalue weighted by molar-refractivity contribution is -0.128. The van der Waals surface area contributed by atoms with Crippen LogP contribution in [0.4, 0.5) is 5.69 Å². The molecule has 2 aliphatic rings. The van der Waals surface area contributed by atoms with E-state index in [1.807, 2.05) is 12.1 Å². The van der Waals surface area contributed by atoms with Gasteiger partial charge in [0.15, 0.2) is 6.61 Å². The molecule has 194 valence electrons. The topological polar surface area (TPSA) is 114 Å². The molecular formula is C28H27N5O5. The zero-order chi connectivity index (χ0) is 27.1. The predicted octanol–water partition coefficient (Wildman–Crippen LogP) is 2.39. The van der Waals surface area contributed by atoms with E-state index in [0.717, 1.165) is 23.0 Å². The Labute approximate surface area is 218 Å². The SMILES string of the molecule is C=C(NC(=O)C(=C)n1cnc2c(-c3ccc4c(c3)OCC(=O)N4C)cccc2c1=O)C(=O)N(C)CC1CC1. The third kappa shape index (κ3) is 4.56. The van der Waals surface area contributed by atoms with Gasteiger partial charge >= 0.3 is 0 Å². The lowest BCUT2D eigenvalue weighted by Gasteiger charge is -2.26. The van der Waals surface area contributed by atoms with Crippen LogP contribution >= 0.6 is 0 Å². The highest BCUT2D eigenvalue weighted by atomic mass is 16.5. The summed E-state index contributed by atoms with van der Waals surface area (Å²) in [5, 5.41) is 2.73. The Hall–Kier alpha value is -4.73. The highest BCUT2D eigenvalue weighted by Crippen LogP contribution is 2.36. The van der Waals surface area contributed by atoms with Crippen LogP contribution in [0.1, 0.15) is 12.8 Å². The van der Waals surface area contributed by atoms with E-state index in [2.05, 4.69) is 23.5 Å². The summed E-state index contributed by atoms with van der Waals surface area (Å²) in [5.41, 5.74) is 1.76. The molecule has 38 heavy (non-hydrogen) atoms. The molecule has 10 nitrogen and oxygen atoms in total. The zero-order valence-corrected chi connectivity index (χ0v) is 21.2. The minimum Gasteiger partial charge on any atom is -0.482 e. The Balaban J connectivity index is 1.40. The van der Waals surface area contributed by atoms with E-state index in [1.54, 1.807) is 38.4 Å². The van der Waals surface area contributed by atoms with Crippen LogP contribution in [0.15, 0.2) is 66.4 Å². The smallest absolute Gasteiger partial charge is 0.272 e. The molecule has 10 heteroatoms. The van der Waals surface area contributed by atoms with E-state index in [1.165, 1.54) is 16.1 Å². The third-order valence-corrected chi connectivity index (χ3v) is 6.80. The van der Waals surface area contributed by atoms with Crippen molar-refractivity contribution < 1.29 is 19.1 Å². The van der Waals surface area contributed by atoms with Crippen molar-refractivity contribution in [1.82, 2.24) is 19.8 Å². The summed E-state index contributed by atoms with van der Waals surface area (Å²) in [4.78, 5) is 58.1. The standard InChI is InChI=1S/C28H27N5O5/c1-16(27(36)31(3)13-18-8-9-18)30-26(35)17(2)33-15-29-25-20(6-5-7-21(25)28(33)37)19-10-11-22-23(12-19)38-14-24(34)32(22)4/h5-7,10-12,15,18H,1-2,8-9,13-14H2,3-4H3,(H,30,35). The molecule has 0 bridgehead atoms. The number of carbonyl (C=O) groups excluding carboxylic acids is 3. The number of likely N-dealkylation sites (N-methyl/N-ethyl adjacent to an activating group) is 2. The van der Waals surface area contributed by atoms with Crippen molar-refractivity contribution in [3.05, 3.63) is 71.9 Å². The van der Waals surface area contributed by atoms with E-state index in [-0.39, 0.29) is 29.3 Å². The fourth-order valence-corrected chi connectivity index (χ4v) is 4.40. The molecule has 1 aliphatic heterocycles. The lowest BCUT2D eigenvalue weighted by Crippen LogP contribution is -2.38. The van der Waals surface area contributed by atoms with Gasteiger partial charge in [0.05, 0.1) is 22.3 Å². The van der Waals surface area contributed by atoms with Crippen LogP contribution in [0, 0.1) is 5.92 Å². The van der Waals surface area contributed by atoms with Gasteiger partial charge in [0.1, 0.15) is 17.8 Å². The van der Waals surface area contributed by atoms with E-state index >= 15 is 0 Å². The Kier molecular flexibility index (Phi) is 6.31. The monoisotopic (exact) mass is 513 g/mol. The molecule has 0 saturated heterocycles. The number of nitrogens with one attached hydrogen (secondary N) is 1. The van der Waals surface area contributed by atoms with Gasteiger partial charge in [-0.1, -0.05) is 31.4 Å². The van der Waals surface area contributed by atoms with E-state index in [0.29, 0.717) is 35.0 Å². The summed E-state index contributed by atoms with van der Waals surface area (Å²) in [6.45, 7) is 7.98. The van der Waals surface area contributed by atoms with Crippen LogP contribution in [-0.2, 0) is 14.4 Å². The van der Waals surface area contributed by atoms with Crippen LogP contribution in [-0.4, -0.2) is 59.4 Å². The van der Waals surface area contributed by atoms with Gasteiger partial charge < -0.3 is 19.9 Å². The van der Waals surface area contributed by atoms with Crippen LogP contribution in [0.2, 0.25) is 0 Å². The fraction of sp³-hybridized carbons (Fsp3) is 0.250. The molecule has 2 aromatic carbocycles. The van der Waals surface area contributed by atoms with Crippen molar-refractivity contribution in [3.8, 4) is 16.9 Å². The molecule has 1 fully saturated rings. The largest absolute Gasteiger partial charge is 0.482 e. The van der Waals surface area contributed by atoms with Crippen molar-refractivity contribution >= 4 is 40.0 Å². The summed E-state index contributed by atoms with van der Waals surface area (Å²) in [6, 6.07) is 10.6. The zero-order valence-electron chi connectivity index (χ0n) is 21.2. The molecule has 5 rings (SSSR count). The molecule has 2 heterocycles. The lowest BCUT2D eigenvalue weighted by atomic mass is 10.0. The number of rotatable bonds is 7. The molecule has 1 saturated carbocycles. The minimum atomic E-state index is -0.729. The van der Waals surface area contributed by atoms with Crippen molar-refractivity contribution in [2.75, 3.05) is 32.1 Å². The minimum absolute atomic E-state index is 0.0511. The first kappa shape index (κ1) is 24.9. The second-order valence-corrected chi connectivity index (χ2v) is 9.55. The summed E-state index contributed by atoms with van der Waals surface area (Å²) >= 11 is 0. The predicted molar refractivity (Wildman–Crippen MR) is 143 cm³/mol. The average molecular weight is 514 g/mol. The average Bonchev–Trinajstić information content (AvgIpc) is 3.73. The first-order chi connectivity index (χ1) is 18.2. The first-order valence-corrected chi connectivity index (χ1v) is 12.1. The van der Waals surface area contributed by atoms with Gasteiger partial charge in [-0.05, 0) is 42.5 Å². The molecule has 0 spiro atoms. The van der Waals surface area contributed by atoms with E-state index in [4.69, 9.17) is 4.74 Å². The number of nitrogens with zero attached hydrogens (tertiary/aromatic N) is 4. The summed E-state index contributed by atoms with van der Waals surface area (Å²) in [7, 11) is 3.35. The Morgan fingerprint density at radius 2 is 1.95 bits per heavy atom. The number of anilines is 1. The highest BCUT2D eigenvalue weighted by molar-refractivity contribution is 6.15. The second-order valence-electron chi connectivity index (χ2n) is 9.55. The quantitative estimate of drug-likeness (QED) is 0.486. The Bertz CT molecular complexity index is 1590. The van der Waals surface area contributed by atoms with Gasteiger partial charge in [0.25, 0.3) is 23.3 Å². The van der Waals surface area contributed by atoms with Crippen molar-refractivity contribution in [3.63, 3.8) is 0 Å². The number of carbonyl (C=O) groups is 3.